The van der Waals surface area contributed by atoms with Crippen LogP contribution in [-0.2, 0) is 16.2 Å². The first-order chi connectivity index (χ1) is 28.7. The highest BCUT2D eigenvalue weighted by atomic mass is 15.0. The van der Waals surface area contributed by atoms with Crippen LogP contribution in [0.5, 0.6) is 0 Å². The number of para-hydroxylation sites is 1. The van der Waals surface area contributed by atoms with E-state index in [-0.39, 0.29) is 12.3 Å². The van der Waals surface area contributed by atoms with E-state index in [2.05, 4.69) is 115 Å². The molecule has 9 aliphatic carbocycles. The molecule has 0 radical (unpaired) electrons. The minimum atomic E-state index is -0.0717. The normalized spacial score (nSPS) is 32.8. The lowest BCUT2D eigenvalue weighted by Crippen LogP contribution is -2.55. The maximum Gasteiger partial charge on any atom is 0.333 e. The number of nitrogens with zero attached hydrogens (tertiary/aromatic N) is 2. The van der Waals surface area contributed by atoms with Gasteiger partial charge in [0.2, 0.25) is 0 Å². The Morgan fingerprint density at radius 1 is 0.559 bits per heavy atom. The summed E-state index contributed by atoms with van der Waals surface area (Å²) in [4.78, 5) is 0. The predicted molar refractivity (Wildman–Crippen MR) is 244 cm³/mol. The molecule has 18 rings (SSSR count). The van der Waals surface area contributed by atoms with Gasteiger partial charge in [-0.05, 0) is 205 Å². The second-order valence-corrected chi connectivity index (χ2v) is 23.0. The summed E-state index contributed by atoms with van der Waals surface area (Å²) >= 11 is 0. The summed E-state index contributed by atoms with van der Waals surface area (Å²) in [7, 11) is 0. The Kier molecular flexibility index (Phi) is 5.56. The summed E-state index contributed by atoms with van der Waals surface area (Å²) in [6.07, 6.45) is 17.5. The van der Waals surface area contributed by atoms with Gasteiger partial charge in [0, 0.05) is 49.4 Å². The van der Waals surface area contributed by atoms with Crippen molar-refractivity contribution in [2.24, 2.45) is 35.5 Å². The molecule has 0 spiro atoms. The van der Waals surface area contributed by atoms with Crippen LogP contribution in [-0.4, -0.2) is 15.9 Å². The fraction of sp³-hybridized carbons (Fsp3) is 0.429. The summed E-state index contributed by atoms with van der Waals surface area (Å²) < 4.78 is 5.63. The topological polar surface area (TPSA) is 9.86 Å². The predicted octanol–water partition coefficient (Wildman–Crippen LogP) is 12.2. The molecular formula is C56H53BN2. The molecule has 0 unspecified atom stereocenters. The van der Waals surface area contributed by atoms with E-state index in [9.17, 15) is 0 Å². The van der Waals surface area contributed by atoms with Crippen LogP contribution in [0.15, 0.2) is 84.9 Å². The van der Waals surface area contributed by atoms with E-state index >= 15 is 0 Å². The maximum atomic E-state index is 2.88. The third-order valence-electron chi connectivity index (χ3n) is 19.4. The summed E-state index contributed by atoms with van der Waals surface area (Å²) in [6, 6.07) is 35.4. The standard InChI is InChI=1S/C56H53BN2/c1-30-13-42-44-23-38(56-27-34-18-35(28-56)20-36(19-34)29-56)22-43-41-21-37(55-24-31-15-32(25-55)17-33(16-31)26-55)11-12-47(41)59(51(43)44)57-46-10-6-8-40-49-53(58(52(40)46)48(14-30)50(42)57)39-7-4-5-9-45(39)54(49,2)3/h4-14,21-23,31-36H,15-20,24-29H2,1-3H3. The lowest BCUT2D eigenvalue weighted by Gasteiger charge is -2.57. The van der Waals surface area contributed by atoms with Gasteiger partial charge in [-0.25, -0.2) is 0 Å². The van der Waals surface area contributed by atoms with Crippen molar-refractivity contribution in [3.63, 3.8) is 0 Å². The molecule has 7 aromatic rings. The molecule has 0 atom stereocenters. The first-order valence-corrected chi connectivity index (χ1v) is 23.8. The molecule has 8 bridgehead atoms. The van der Waals surface area contributed by atoms with E-state index in [1.54, 1.807) is 16.5 Å². The Bertz CT molecular complexity index is 3060. The van der Waals surface area contributed by atoms with E-state index in [0.29, 0.717) is 10.8 Å². The Labute approximate surface area is 348 Å². The second-order valence-electron chi connectivity index (χ2n) is 23.0. The number of hydrogen-bond acceptors (Lipinski definition) is 0. The third kappa shape index (κ3) is 3.71. The maximum absolute atomic E-state index is 2.88. The van der Waals surface area contributed by atoms with Gasteiger partial charge in [-0.3, -0.25) is 0 Å². The van der Waals surface area contributed by atoms with Crippen LogP contribution in [0.2, 0.25) is 0 Å². The van der Waals surface area contributed by atoms with E-state index in [1.165, 1.54) is 160 Å². The Morgan fingerprint density at radius 2 is 1.20 bits per heavy atom. The Morgan fingerprint density at radius 3 is 1.90 bits per heavy atom. The van der Waals surface area contributed by atoms with Crippen LogP contribution in [0.4, 0.5) is 0 Å². The monoisotopic (exact) mass is 764 g/mol. The number of aryl methyl sites for hydroxylation is 1. The lowest BCUT2D eigenvalue weighted by atomic mass is 9.45. The molecule has 2 aromatic heterocycles. The molecule has 0 amide bonds. The summed E-state index contributed by atoms with van der Waals surface area (Å²) in [5.74, 6) is 5.62. The molecule has 59 heavy (non-hydrogen) atoms. The van der Waals surface area contributed by atoms with Crippen molar-refractivity contribution in [3.05, 3.63) is 113 Å². The van der Waals surface area contributed by atoms with Crippen molar-refractivity contribution < 1.29 is 0 Å². The zero-order chi connectivity index (χ0) is 38.5. The van der Waals surface area contributed by atoms with E-state index in [4.69, 9.17) is 0 Å². The van der Waals surface area contributed by atoms with Gasteiger partial charge in [0.1, 0.15) is 0 Å². The highest BCUT2D eigenvalue weighted by Crippen LogP contribution is 2.63. The van der Waals surface area contributed by atoms with Crippen LogP contribution in [0, 0.1) is 42.4 Å². The molecule has 0 N–H and O–H groups in total. The minimum Gasteiger partial charge on any atom is -0.375 e. The fourth-order valence-corrected chi connectivity index (χ4v) is 18.2. The van der Waals surface area contributed by atoms with Crippen LogP contribution in [0.25, 0.3) is 60.8 Å². The summed E-state index contributed by atoms with van der Waals surface area (Å²) in [6.45, 7) is 7.44. The van der Waals surface area contributed by atoms with Crippen LogP contribution in [0.1, 0.15) is 119 Å². The van der Waals surface area contributed by atoms with Gasteiger partial charge in [0.15, 0.2) is 0 Å². The van der Waals surface area contributed by atoms with Gasteiger partial charge in [-0.2, -0.15) is 0 Å². The SMILES string of the molecule is Cc1cc2c3c(c1)-n1c4c(c5cccc(c51)B3n1c3ccc(C56CC7CC(CC(C7)C5)C6)cc3c3cc(C56CC7CC(CC(C7)C5)C6)cc-2c31)C(C)(C)c1ccccc1-4. The highest BCUT2D eigenvalue weighted by molar-refractivity contribution is 6.90. The Hall–Kier alpha value is -4.50. The third-order valence-corrected chi connectivity index (χ3v) is 19.4. The lowest BCUT2D eigenvalue weighted by molar-refractivity contribution is -0.00527. The zero-order valence-corrected chi connectivity index (χ0v) is 35.0. The van der Waals surface area contributed by atoms with Crippen molar-refractivity contribution in [2.75, 3.05) is 0 Å². The first kappa shape index (κ1) is 32.3. The largest absolute Gasteiger partial charge is 0.375 e. The molecule has 5 aromatic carbocycles. The van der Waals surface area contributed by atoms with Crippen LogP contribution in [0.3, 0.4) is 0 Å². The number of rotatable bonds is 2. The minimum absolute atomic E-state index is 0.0717. The first-order valence-electron chi connectivity index (χ1n) is 23.8. The number of hydrogen-bond donors (Lipinski definition) is 0. The highest BCUT2D eigenvalue weighted by Gasteiger charge is 2.54. The zero-order valence-electron chi connectivity index (χ0n) is 35.0. The summed E-state index contributed by atoms with van der Waals surface area (Å²) in [5.41, 5.74) is 23.0. The van der Waals surface area contributed by atoms with Crippen LogP contribution >= 0.6 is 0 Å². The van der Waals surface area contributed by atoms with Gasteiger partial charge >= 0.3 is 6.85 Å². The number of aromatic nitrogens is 2. The number of fused-ring (bicyclic) bond motifs is 12. The van der Waals surface area contributed by atoms with Gasteiger partial charge in [-0.1, -0.05) is 68.4 Å². The van der Waals surface area contributed by atoms with E-state index in [1.807, 2.05) is 0 Å². The van der Waals surface area contributed by atoms with Crippen molar-refractivity contribution in [1.29, 1.82) is 0 Å². The molecule has 3 heteroatoms. The second kappa shape index (κ2) is 10.2. The van der Waals surface area contributed by atoms with Gasteiger partial charge < -0.3 is 9.05 Å². The molecule has 290 valence electrons. The molecule has 2 aliphatic heterocycles. The van der Waals surface area contributed by atoms with Crippen molar-refractivity contribution in [2.45, 2.75) is 114 Å². The Balaban J connectivity index is 1.03. The van der Waals surface area contributed by atoms with Crippen LogP contribution < -0.4 is 10.9 Å². The van der Waals surface area contributed by atoms with Crippen molar-refractivity contribution in [3.8, 4) is 28.1 Å². The average Bonchev–Trinajstić information content (AvgIpc) is 3.82. The molecule has 0 saturated heterocycles. The smallest absolute Gasteiger partial charge is 0.333 e. The van der Waals surface area contributed by atoms with Crippen molar-refractivity contribution >= 4 is 50.5 Å². The summed E-state index contributed by atoms with van der Waals surface area (Å²) in [5, 5.41) is 4.53. The molecule has 11 aliphatic rings. The van der Waals surface area contributed by atoms with Crippen molar-refractivity contribution in [1.82, 2.24) is 9.05 Å². The fourth-order valence-electron chi connectivity index (χ4n) is 18.2. The molecule has 2 nitrogen and oxygen atoms in total. The molecular weight excluding hydrogens is 711 g/mol. The molecule has 4 heterocycles. The van der Waals surface area contributed by atoms with Gasteiger partial charge in [0.25, 0.3) is 0 Å². The van der Waals surface area contributed by atoms with E-state index in [0.717, 1.165) is 35.5 Å². The van der Waals surface area contributed by atoms with Gasteiger partial charge in [-0.15, -0.1) is 0 Å². The quantitative estimate of drug-likeness (QED) is 0.155. The molecule has 8 fully saturated rings. The number of benzene rings is 5. The van der Waals surface area contributed by atoms with E-state index < -0.39 is 0 Å². The van der Waals surface area contributed by atoms with Gasteiger partial charge in [0.05, 0.1) is 11.2 Å². The average molecular weight is 765 g/mol. The molecule has 8 saturated carbocycles.